The maximum absolute atomic E-state index is 12.7. The molecule has 8 heteroatoms. The molecule has 2 aliphatic rings. The van der Waals surface area contributed by atoms with Gasteiger partial charge in [0.25, 0.3) is 0 Å². The van der Waals surface area contributed by atoms with E-state index in [1.807, 2.05) is 57.9 Å². The highest BCUT2D eigenvalue weighted by Gasteiger charge is 2.32. The highest BCUT2D eigenvalue weighted by atomic mass is 16.2. The smallest absolute Gasteiger partial charge is 0.320 e. The van der Waals surface area contributed by atoms with Gasteiger partial charge in [-0.05, 0) is 43.5 Å². The Morgan fingerprint density at radius 3 is 2.76 bits per heavy atom. The predicted octanol–water partition coefficient (Wildman–Crippen LogP) is 2.52. The predicted molar refractivity (Wildman–Crippen MR) is 111 cm³/mol. The molecule has 0 saturated carbocycles. The first-order chi connectivity index (χ1) is 14.2. The monoisotopic (exact) mass is 391 g/mol. The van der Waals surface area contributed by atoms with E-state index in [1.165, 1.54) is 0 Å². The van der Waals surface area contributed by atoms with Crippen LogP contribution in [0.15, 0.2) is 42.7 Å². The van der Waals surface area contributed by atoms with Gasteiger partial charge in [-0.2, -0.15) is 0 Å². The number of hydrogen-bond acceptors (Lipinski definition) is 5. The van der Waals surface area contributed by atoms with Crippen LogP contribution in [0.1, 0.15) is 19.3 Å². The van der Waals surface area contributed by atoms with Gasteiger partial charge in [0.15, 0.2) is 5.65 Å². The largest absolute Gasteiger partial charge is 0.353 e. The first kappa shape index (κ1) is 17.9. The third-order valence-electron chi connectivity index (χ3n) is 5.99. The summed E-state index contributed by atoms with van der Waals surface area (Å²) in [5.41, 5.74) is 2.52. The van der Waals surface area contributed by atoms with Gasteiger partial charge in [0.2, 0.25) is 0 Å². The molecule has 2 amide bonds. The third kappa shape index (κ3) is 3.28. The Morgan fingerprint density at radius 1 is 1.10 bits per heavy atom. The molecule has 150 valence electrons. The number of fused-ring (bicyclic) bond motifs is 1. The van der Waals surface area contributed by atoms with E-state index in [0.717, 1.165) is 68.3 Å². The number of rotatable bonds is 3. The number of amides is 2. The number of imidazole rings is 1. The zero-order valence-corrected chi connectivity index (χ0v) is 16.6. The van der Waals surface area contributed by atoms with E-state index in [4.69, 9.17) is 5.10 Å². The van der Waals surface area contributed by atoms with Crippen molar-refractivity contribution in [3.63, 3.8) is 0 Å². The molecular formula is C21H25N7O. The lowest BCUT2D eigenvalue weighted by Gasteiger charge is -2.29. The molecule has 29 heavy (non-hydrogen) atoms. The lowest BCUT2D eigenvalue weighted by atomic mass is 10.2. The normalized spacial score (nSPS) is 19.3. The molecule has 5 heterocycles. The number of pyridine rings is 1. The number of carbonyl (C=O) groups excluding carboxylic acids is 1. The highest BCUT2D eigenvalue weighted by Crippen LogP contribution is 2.24. The molecule has 2 saturated heterocycles. The van der Waals surface area contributed by atoms with Crippen LogP contribution in [0.5, 0.6) is 0 Å². The van der Waals surface area contributed by atoms with E-state index in [1.54, 1.807) is 6.20 Å². The van der Waals surface area contributed by atoms with Crippen LogP contribution in [0.3, 0.4) is 0 Å². The number of anilines is 1. The number of hydrogen-bond donors (Lipinski definition) is 0. The van der Waals surface area contributed by atoms with E-state index in [0.29, 0.717) is 0 Å². The second kappa shape index (κ2) is 7.35. The van der Waals surface area contributed by atoms with Crippen LogP contribution >= 0.6 is 0 Å². The molecular weight excluding hydrogens is 366 g/mol. The van der Waals surface area contributed by atoms with Gasteiger partial charge < -0.3 is 14.7 Å². The molecule has 1 atom stereocenters. The number of nitrogens with zero attached hydrogens (tertiary/aromatic N) is 7. The maximum atomic E-state index is 12.7. The minimum Gasteiger partial charge on any atom is -0.353 e. The van der Waals surface area contributed by atoms with E-state index < -0.39 is 0 Å². The Kier molecular flexibility index (Phi) is 4.54. The van der Waals surface area contributed by atoms with Crippen molar-refractivity contribution >= 4 is 17.5 Å². The van der Waals surface area contributed by atoms with Gasteiger partial charge >= 0.3 is 6.03 Å². The first-order valence-corrected chi connectivity index (χ1v) is 10.2. The number of aromatic nitrogens is 4. The Hall–Kier alpha value is -3.16. The van der Waals surface area contributed by atoms with Crippen molar-refractivity contribution in [2.24, 2.45) is 0 Å². The van der Waals surface area contributed by atoms with E-state index in [2.05, 4.69) is 14.9 Å². The molecule has 0 N–H and O–H groups in total. The van der Waals surface area contributed by atoms with Crippen LogP contribution in [-0.2, 0) is 0 Å². The van der Waals surface area contributed by atoms with Gasteiger partial charge in [-0.1, -0.05) is 6.07 Å². The molecule has 0 spiro atoms. The highest BCUT2D eigenvalue weighted by molar-refractivity contribution is 5.75. The zero-order valence-electron chi connectivity index (χ0n) is 16.6. The molecule has 0 radical (unpaired) electrons. The molecule has 0 aliphatic carbocycles. The Bertz CT molecular complexity index is 1010. The molecule has 5 rings (SSSR count). The summed E-state index contributed by atoms with van der Waals surface area (Å²) in [6, 6.07) is 10.2. The summed E-state index contributed by atoms with van der Waals surface area (Å²) < 4.78 is 1.85. The average Bonchev–Trinajstić information content (AvgIpc) is 3.53. The fourth-order valence-electron chi connectivity index (χ4n) is 4.27. The van der Waals surface area contributed by atoms with Crippen molar-refractivity contribution in [2.45, 2.75) is 25.3 Å². The second-order valence-electron chi connectivity index (χ2n) is 7.80. The Morgan fingerprint density at radius 2 is 1.97 bits per heavy atom. The SMILES string of the molecule is CN(C(=O)N1CCCC1)[C@H]1CCN(c2ccc3ncc(-c4ccccn4)n3n2)C1. The van der Waals surface area contributed by atoms with Crippen LogP contribution < -0.4 is 4.90 Å². The second-order valence-corrected chi connectivity index (χ2v) is 7.80. The topological polar surface area (TPSA) is 69.9 Å². The van der Waals surface area contributed by atoms with E-state index in [9.17, 15) is 4.79 Å². The Labute approximate surface area is 169 Å². The fourth-order valence-corrected chi connectivity index (χ4v) is 4.27. The summed E-state index contributed by atoms with van der Waals surface area (Å²) in [6.45, 7) is 3.44. The molecule has 0 unspecified atom stereocenters. The van der Waals surface area contributed by atoms with Crippen LogP contribution in [0.2, 0.25) is 0 Å². The minimum absolute atomic E-state index is 0.157. The summed E-state index contributed by atoms with van der Waals surface area (Å²) in [5, 5.41) is 4.84. The average molecular weight is 391 g/mol. The number of urea groups is 1. The van der Waals surface area contributed by atoms with Crippen molar-refractivity contribution in [3.8, 4) is 11.4 Å². The standard InChI is InChI=1S/C21H25N7O/c1-25(21(29)26-11-4-5-12-26)16-9-13-27(15-16)20-8-7-19-23-14-18(28(19)24-20)17-6-2-3-10-22-17/h2-3,6-8,10,14,16H,4-5,9,11-13,15H2,1H3/t16-/m0/s1. The zero-order chi connectivity index (χ0) is 19.8. The van der Waals surface area contributed by atoms with Crippen molar-refractivity contribution in [1.29, 1.82) is 0 Å². The summed E-state index contributed by atoms with van der Waals surface area (Å²) in [5.74, 6) is 0.900. The van der Waals surface area contributed by atoms with Crippen molar-refractivity contribution in [1.82, 2.24) is 29.4 Å². The summed E-state index contributed by atoms with van der Waals surface area (Å²) in [7, 11) is 1.93. The van der Waals surface area contributed by atoms with Gasteiger partial charge in [-0.15, -0.1) is 5.10 Å². The number of likely N-dealkylation sites (tertiary alicyclic amines) is 1. The molecule has 3 aromatic rings. The molecule has 3 aromatic heterocycles. The van der Waals surface area contributed by atoms with Gasteiger partial charge in [-0.3, -0.25) is 4.98 Å². The first-order valence-electron chi connectivity index (χ1n) is 10.2. The molecule has 8 nitrogen and oxygen atoms in total. The lowest BCUT2D eigenvalue weighted by Crippen LogP contribution is -2.46. The third-order valence-corrected chi connectivity index (χ3v) is 5.99. The molecule has 0 bridgehead atoms. The molecule has 0 aromatic carbocycles. The number of carbonyl (C=O) groups is 1. The van der Waals surface area contributed by atoms with Crippen LogP contribution in [0.25, 0.3) is 17.0 Å². The van der Waals surface area contributed by atoms with Gasteiger partial charge in [0, 0.05) is 39.4 Å². The fraction of sp³-hybridized carbons (Fsp3) is 0.429. The molecule has 2 fully saturated rings. The van der Waals surface area contributed by atoms with Crippen LogP contribution in [-0.4, -0.2) is 74.7 Å². The van der Waals surface area contributed by atoms with Crippen LogP contribution in [0, 0.1) is 0 Å². The quantitative estimate of drug-likeness (QED) is 0.686. The van der Waals surface area contributed by atoms with Crippen molar-refractivity contribution in [3.05, 3.63) is 42.7 Å². The van der Waals surface area contributed by atoms with Crippen molar-refractivity contribution < 1.29 is 4.79 Å². The van der Waals surface area contributed by atoms with Crippen molar-refractivity contribution in [2.75, 3.05) is 38.1 Å². The summed E-state index contributed by atoms with van der Waals surface area (Å²) in [6.07, 6.45) is 6.76. The molecule has 2 aliphatic heterocycles. The number of likely N-dealkylation sites (N-methyl/N-ethyl adjacent to an activating group) is 1. The minimum atomic E-state index is 0.157. The summed E-state index contributed by atoms with van der Waals surface area (Å²) >= 11 is 0. The van der Waals surface area contributed by atoms with Gasteiger partial charge in [-0.25, -0.2) is 14.3 Å². The summed E-state index contributed by atoms with van der Waals surface area (Å²) in [4.78, 5) is 27.7. The van der Waals surface area contributed by atoms with Gasteiger partial charge in [0.05, 0.1) is 17.9 Å². The van der Waals surface area contributed by atoms with Crippen LogP contribution in [0.4, 0.5) is 10.6 Å². The van der Waals surface area contributed by atoms with E-state index >= 15 is 0 Å². The lowest BCUT2D eigenvalue weighted by molar-refractivity contribution is 0.159. The Balaban J connectivity index is 1.35. The maximum Gasteiger partial charge on any atom is 0.320 e. The van der Waals surface area contributed by atoms with Gasteiger partial charge in [0.1, 0.15) is 11.5 Å². The van der Waals surface area contributed by atoms with E-state index in [-0.39, 0.29) is 12.1 Å².